The van der Waals surface area contributed by atoms with Crippen molar-refractivity contribution in [2.24, 2.45) is 0 Å². The average molecular weight is 425 g/mol. The number of carbonyl (C=O) groups is 1. The number of nitrogens with zero attached hydrogens (tertiary/aromatic N) is 3. The van der Waals surface area contributed by atoms with Gasteiger partial charge in [0.1, 0.15) is 11.6 Å². The Balaban J connectivity index is 1.65. The number of sulfonamides is 1. The Labute approximate surface area is 177 Å². The van der Waals surface area contributed by atoms with E-state index < -0.39 is 15.9 Å². The third-order valence-electron chi connectivity index (χ3n) is 4.96. The molecule has 1 aliphatic heterocycles. The lowest BCUT2D eigenvalue weighted by Gasteiger charge is -2.33. The number of carbonyl (C=O) groups excluding carboxylic acids is 1. The third kappa shape index (κ3) is 4.87. The van der Waals surface area contributed by atoms with Gasteiger partial charge in [-0.1, -0.05) is 35.9 Å². The van der Waals surface area contributed by atoms with E-state index in [-0.39, 0.29) is 23.6 Å². The molecule has 1 amide bonds. The maximum absolute atomic E-state index is 12.7. The number of hydrogen-bond acceptors (Lipinski definition) is 5. The summed E-state index contributed by atoms with van der Waals surface area (Å²) in [5.41, 5.74) is 2.64. The molecule has 0 unspecified atom stereocenters. The molecule has 8 heteroatoms. The Hall–Kier alpha value is -3.15. The molecule has 0 bridgehead atoms. The van der Waals surface area contributed by atoms with Crippen LogP contribution in [0.3, 0.4) is 0 Å². The maximum atomic E-state index is 12.7. The summed E-state index contributed by atoms with van der Waals surface area (Å²) in [4.78, 5) is 14.6. The lowest BCUT2D eigenvalue weighted by atomic mass is 10.1. The average Bonchev–Trinajstić information content (AvgIpc) is 2.75. The normalized spacial score (nSPS) is 15.5. The molecule has 0 aliphatic carbocycles. The predicted molar refractivity (Wildman–Crippen MR) is 115 cm³/mol. The van der Waals surface area contributed by atoms with Crippen LogP contribution in [0.1, 0.15) is 11.1 Å². The van der Waals surface area contributed by atoms with Gasteiger partial charge in [-0.2, -0.15) is 9.57 Å². The second kappa shape index (κ2) is 9.11. The van der Waals surface area contributed by atoms with Gasteiger partial charge in [-0.05, 0) is 37.6 Å². The van der Waals surface area contributed by atoms with Crippen molar-refractivity contribution < 1.29 is 13.2 Å². The summed E-state index contributed by atoms with van der Waals surface area (Å²) >= 11 is 0. The van der Waals surface area contributed by atoms with Crippen molar-refractivity contribution in [1.82, 2.24) is 9.21 Å². The highest BCUT2D eigenvalue weighted by Gasteiger charge is 2.28. The molecule has 2 aromatic rings. The van der Waals surface area contributed by atoms with Gasteiger partial charge in [-0.3, -0.25) is 4.79 Å². The molecule has 1 N–H and O–H groups in total. The van der Waals surface area contributed by atoms with Crippen molar-refractivity contribution in [3.63, 3.8) is 0 Å². The summed E-state index contributed by atoms with van der Waals surface area (Å²) in [6, 6.07) is 15.9. The topological polar surface area (TPSA) is 93.5 Å². The molecular formula is C22H24N4O3S. The van der Waals surface area contributed by atoms with Crippen molar-refractivity contribution in [3.05, 3.63) is 71.4 Å². The highest BCUT2D eigenvalue weighted by molar-refractivity contribution is 7.89. The van der Waals surface area contributed by atoms with Gasteiger partial charge in [0.25, 0.3) is 5.91 Å². The Morgan fingerprint density at radius 1 is 1.07 bits per heavy atom. The van der Waals surface area contributed by atoms with E-state index in [0.717, 1.165) is 11.1 Å². The Bertz CT molecular complexity index is 1100. The highest BCUT2D eigenvalue weighted by Crippen LogP contribution is 2.19. The van der Waals surface area contributed by atoms with Crippen LogP contribution in [-0.2, 0) is 14.8 Å². The molecule has 30 heavy (non-hydrogen) atoms. The molecule has 156 valence electrons. The van der Waals surface area contributed by atoms with E-state index in [0.29, 0.717) is 18.8 Å². The zero-order chi connectivity index (χ0) is 21.7. The van der Waals surface area contributed by atoms with Crippen LogP contribution in [0.4, 0.5) is 5.69 Å². The van der Waals surface area contributed by atoms with Gasteiger partial charge in [-0.25, -0.2) is 8.42 Å². The van der Waals surface area contributed by atoms with E-state index in [9.17, 15) is 18.5 Å². The summed E-state index contributed by atoms with van der Waals surface area (Å²) in [5.74, 6) is -0.483. The molecule has 0 spiro atoms. The molecule has 7 nitrogen and oxygen atoms in total. The van der Waals surface area contributed by atoms with Crippen molar-refractivity contribution in [2.75, 3.05) is 31.5 Å². The summed E-state index contributed by atoms with van der Waals surface area (Å²) in [7, 11) is -3.54. The van der Waals surface area contributed by atoms with Crippen LogP contribution in [0.2, 0.25) is 0 Å². The Morgan fingerprint density at radius 3 is 2.33 bits per heavy atom. The van der Waals surface area contributed by atoms with Crippen molar-refractivity contribution in [1.29, 1.82) is 5.26 Å². The van der Waals surface area contributed by atoms with Gasteiger partial charge in [0, 0.05) is 38.1 Å². The zero-order valence-corrected chi connectivity index (χ0v) is 17.8. The number of benzene rings is 2. The summed E-state index contributed by atoms with van der Waals surface area (Å²) in [5, 5.41) is 12.2. The Morgan fingerprint density at radius 2 is 1.73 bits per heavy atom. The fraction of sp³-hybridized carbons (Fsp3) is 0.273. The standard InChI is InChI=1S/C22H24N4O3S/c1-17-8-9-21(18(2)14-17)24-22(27)19(15-23)16-25-10-12-26(13-11-25)30(28,29)20-6-4-3-5-7-20/h3-9,14,16H,10-13H2,1-2H3,(H,24,27)/b19-16-. The molecule has 0 saturated carbocycles. The van der Waals surface area contributed by atoms with Gasteiger partial charge < -0.3 is 10.2 Å². The van der Waals surface area contributed by atoms with Crippen LogP contribution in [0.5, 0.6) is 0 Å². The first-order valence-electron chi connectivity index (χ1n) is 9.61. The first-order valence-corrected chi connectivity index (χ1v) is 11.0. The van der Waals surface area contributed by atoms with Crippen molar-refractivity contribution in [2.45, 2.75) is 18.7 Å². The van der Waals surface area contributed by atoms with Gasteiger partial charge in [0.15, 0.2) is 0 Å². The molecule has 1 aliphatic rings. The van der Waals surface area contributed by atoms with E-state index in [1.54, 1.807) is 35.2 Å². The number of anilines is 1. The van der Waals surface area contributed by atoms with Gasteiger partial charge in [0.05, 0.1) is 4.90 Å². The fourth-order valence-corrected chi connectivity index (χ4v) is 4.72. The lowest BCUT2D eigenvalue weighted by molar-refractivity contribution is -0.112. The maximum Gasteiger partial charge on any atom is 0.267 e. The number of hydrogen-bond donors (Lipinski definition) is 1. The number of piperazine rings is 1. The van der Waals surface area contributed by atoms with Crippen LogP contribution in [0.25, 0.3) is 0 Å². The van der Waals surface area contributed by atoms with E-state index >= 15 is 0 Å². The first-order chi connectivity index (χ1) is 14.3. The number of rotatable bonds is 5. The molecule has 0 radical (unpaired) electrons. The predicted octanol–water partition coefficient (Wildman–Crippen LogP) is 2.66. The Kier molecular flexibility index (Phi) is 6.55. The number of nitriles is 1. The smallest absolute Gasteiger partial charge is 0.267 e. The molecular weight excluding hydrogens is 400 g/mol. The van der Waals surface area contributed by atoms with E-state index in [1.807, 2.05) is 38.1 Å². The molecule has 1 fully saturated rings. The van der Waals surface area contributed by atoms with E-state index in [2.05, 4.69) is 5.32 Å². The number of aryl methyl sites for hydroxylation is 2. The highest BCUT2D eigenvalue weighted by atomic mass is 32.2. The number of amides is 1. The van der Waals surface area contributed by atoms with Crippen LogP contribution in [-0.4, -0.2) is 49.7 Å². The molecule has 2 aromatic carbocycles. The second-order valence-corrected chi connectivity index (χ2v) is 9.12. The SMILES string of the molecule is Cc1ccc(NC(=O)/C(C#N)=C\N2CCN(S(=O)(=O)c3ccccc3)CC2)c(C)c1. The third-order valence-corrected chi connectivity index (χ3v) is 6.87. The minimum Gasteiger partial charge on any atom is -0.373 e. The van der Waals surface area contributed by atoms with Crippen molar-refractivity contribution in [3.8, 4) is 6.07 Å². The van der Waals surface area contributed by atoms with Gasteiger partial charge in [0.2, 0.25) is 10.0 Å². The van der Waals surface area contributed by atoms with Gasteiger partial charge in [-0.15, -0.1) is 0 Å². The minimum absolute atomic E-state index is 0.0191. The van der Waals surface area contributed by atoms with Crippen LogP contribution < -0.4 is 5.32 Å². The summed E-state index contributed by atoms with van der Waals surface area (Å²) in [6.07, 6.45) is 1.51. The zero-order valence-electron chi connectivity index (χ0n) is 17.0. The molecule has 1 heterocycles. The second-order valence-electron chi connectivity index (χ2n) is 7.18. The lowest BCUT2D eigenvalue weighted by Crippen LogP contribution is -2.46. The molecule has 0 atom stereocenters. The van der Waals surface area contributed by atoms with Crippen molar-refractivity contribution >= 4 is 21.6 Å². The number of nitrogens with one attached hydrogen (secondary N) is 1. The first kappa shape index (κ1) is 21.6. The quantitative estimate of drug-likeness (QED) is 0.588. The van der Waals surface area contributed by atoms with Gasteiger partial charge >= 0.3 is 0 Å². The van der Waals surface area contributed by atoms with Crippen LogP contribution in [0, 0.1) is 25.2 Å². The fourth-order valence-electron chi connectivity index (χ4n) is 3.28. The molecule has 0 aromatic heterocycles. The summed E-state index contributed by atoms with van der Waals surface area (Å²) in [6.45, 7) is 5.22. The molecule has 1 saturated heterocycles. The van der Waals surface area contributed by atoms with E-state index in [1.165, 1.54) is 10.5 Å². The largest absolute Gasteiger partial charge is 0.373 e. The summed E-state index contributed by atoms with van der Waals surface area (Å²) < 4.78 is 26.9. The van der Waals surface area contributed by atoms with E-state index in [4.69, 9.17) is 0 Å². The molecule has 3 rings (SSSR count). The van der Waals surface area contributed by atoms with Crippen LogP contribution in [0.15, 0.2) is 65.2 Å². The van der Waals surface area contributed by atoms with Crippen LogP contribution >= 0.6 is 0 Å². The monoisotopic (exact) mass is 424 g/mol. The minimum atomic E-state index is -3.54.